The van der Waals surface area contributed by atoms with Crippen LogP contribution >= 0.6 is 0 Å². The van der Waals surface area contributed by atoms with Gasteiger partial charge < -0.3 is 14.7 Å². The topological polar surface area (TPSA) is 61.3 Å². The van der Waals surface area contributed by atoms with Gasteiger partial charge in [-0.15, -0.1) is 0 Å². The highest BCUT2D eigenvalue weighted by Gasteiger charge is 2.35. The van der Waals surface area contributed by atoms with Gasteiger partial charge in [-0.1, -0.05) is 12.1 Å². The number of benzene rings is 1. The minimum atomic E-state index is -0.494. The van der Waals surface area contributed by atoms with E-state index in [0.717, 1.165) is 48.2 Å². The Hall–Kier alpha value is -2.37. The molecule has 1 saturated heterocycles. The van der Waals surface area contributed by atoms with E-state index in [2.05, 4.69) is 22.0 Å². The van der Waals surface area contributed by atoms with Crippen molar-refractivity contribution in [3.05, 3.63) is 70.3 Å². The number of fused-ring (bicyclic) bond motifs is 5. The van der Waals surface area contributed by atoms with E-state index >= 15 is 0 Å². The van der Waals surface area contributed by atoms with Gasteiger partial charge in [0.2, 0.25) is 0 Å². The number of piperidine rings is 1. The third-order valence-corrected chi connectivity index (χ3v) is 5.95. The molecule has 2 aliphatic heterocycles. The zero-order chi connectivity index (χ0) is 17.7. The van der Waals surface area contributed by atoms with E-state index in [1.165, 1.54) is 0 Å². The summed E-state index contributed by atoms with van der Waals surface area (Å²) in [5.41, 5.74) is 3.33. The smallest absolute Gasteiger partial charge is 0.250 e. The number of H-pyrrole nitrogens is 1. The van der Waals surface area contributed by atoms with E-state index in [-0.39, 0.29) is 5.56 Å². The number of aromatic nitrogens is 2. The fraction of sp³-hybridized carbons (Fsp3) is 0.381. The molecule has 2 N–H and O–H groups in total. The Morgan fingerprint density at radius 2 is 2.08 bits per heavy atom. The average molecular weight is 349 g/mol. The van der Waals surface area contributed by atoms with Gasteiger partial charge in [-0.25, -0.2) is 0 Å². The highest BCUT2D eigenvalue weighted by atomic mass is 16.3. The molecule has 5 nitrogen and oxygen atoms in total. The maximum Gasteiger partial charge on any atom is 0.250 e. The predicted molar refractivity (Wildman–Crippen MR) is 101 cm³/mol. The van der Waals surface area contributed by atoms with Crippen LogP contribution in [0.2, 0.25) is 0 Å². The second-order valence-electron chi connectivity index (χ2n) is 7.76. The Bertz CT molecular complexity index is 1010. The molecule has 4 heterocycles. The predicted octanol–water partition coefficient (Wildman–Crippen LogP) is 2.48. The highest BCUT2D eigenvalue weighted by molar-refractivity contribution is 5.80. The number of likely N-dealkylation sites (tertiary alicyclic amines) is 1. The first kappa shape index (κ1) is 15.9. The fourth-order valence-corrected chi connectivity index (χ4v) is 4.77. The van der Waals surface area contributed by atoms with Crippen LogP contribution in [0.15, 0.2) is 53.5 Å². The van der Waals surface area contributed by atoms with Crippen molar-refractivity contribution in [2.75, 3.05) is 19.6 Å². The maximum atomic E-state index is 12.1. The van der Waals surface area contributed by atoms with Gasteiger partial charge >= 0.3 is 0 Å². The number of aliphatic hydroxyl groups is 1. The molecule has 5 rings (SSSR count). The van der Waals surface area contributed by atoms with Crippen LogP contribution in [0, 0.1) is 5.92 Å². The molecule has 1 fully saturated rings. The van der Waals surface area contributed by atoms with E-state index < -0.39 is 6.10 Å². The summed E-state index contributed by atoms with van der Waals surface area (Å²) in [6.07, 6.45) is 2.57. The van der Waals surface area contributed by atoms with Crippen molar-refractivity contribution in [1.82, 2.24) is 14.5 Å². The Morgan fingerprint density at radius 3 is 3.00 bits per heavy atom. The first-order valence-corrected chi connectivity index (χ1v) is 9.34. The van der Waals surface area contributed by atoms with Crippen LogP contribution in [-0.4, -0.2) is 39.2 Å². The molecule has 2 aliphatic rings. The van der Waals surface area contributed by atoms with Gasteiger partial charge in [-0.2, -0.15) is 0 Å². The van der Waals surface area contributed by atoms with Crippen molar-refractivity contribution in [3.63, 3.8) is 0 Å². The van der Waals surface area contributed by atoms with Gasteiger partial charge in [0.15, 0.2) is 0 Å². The lowest BCUT2D eigenvalue weighted by atomic mass is 9.83. The van der Waals surface area contributed by atoms with Crippen LogP contribution in [0.5, 0.6) is 0 Å². The number of hydrogen-bond acceptors (Lipinski definition) is 3. The van der Waals surface area contributed by atoms with Crippen LogP contribution in [-0.2, 0) is 6.54 Å². The summed E-state index contributed by atoms with van der Waals surface area (Å²) >= 11 is 0. The van der Waals surface area contributed by atoms with E-state index in [4.69, 9.17) is 0 Å². The van der Waals surface area contributed by atoms with Gasteiger partial charge in [0.05, 0.1) is 6.10 Å². The summed E-state index contributed by atoms with van der Waals surface area (Å²) in [7, 11) is 0. The Balaban J connectivity index is 1.35. The molecule has 2 aromatic heterocycles. The fourth-order valence-electron chi connectivity index (χ4n) is 4.77. The first-order valence-electron chi connectivity index (χ1n) is 9.34. The van der Waals surface area contributed by atoms with Gasteiger partial charge in [0, 0.05) is 55.6 Å². The van der Waals surface area contributed by atoms with Crippen molar-refractivity contribution in [2.45, 2.75) is 25.0 Å². The van der Waals surface area contributed by atoms with Crippen LogP contribution in [0.25, 0.3) is 10.9 Å². The quantitative estimate of drug-likeness (QED) is 0.764. The molecule has 0 aliphatic carbocycles. The first-order chi connectivity index (χ1) is 12.7. The number of aromatic amines is 1. The monoisotopic (exact) mass is 349 g/mol. The van der Waals surface area contributed by atoms with Crippen LogP contribution < -0.4 is 5.56 Å². The van der Waals surface area contributed by atoms with E-state index in [9.17, 15) is 9.90 Å². The summed E-state index contributed by atoms with van der Waals surface area (Å²) in [4.78, 5) is 17.7. The SMILES string of the molecule is O=c1cccc2n1CC1CC2CN(CC(O)c2ccc3[nH]ccc3c2)C1. The van der Waals surface area contributed by atoms with Crippen LogP contribution in [0.3, 0.4) is 0 Å². The number of nitrogens with one attached hydrogen (secondary N) is 1. The van der Waals surface area contributed by atoms with Crippen LogP contribution in [0.1, 0.15) is 29.7 Å². The number of aliphatic hydroxyl groups excluding tert-OH is 1. The Kier molecular flexibility index (Phi) is 3.72. The van der Waals surface area contributed by atoms with E-state index in [1.807, 2.05) is 35.0 Å². The second kappa shape index (κ2) is 6.11. The third kappa shape index (κ3) is 2.68. The zero-order valence-corrected chi connectivity index (χ0v) is 14.6. The number of hydrogen-bond donors (Lipinski definition) is 2. The van der Waals surface area contributed by atoms with Gasteiger partial charge in [-0.3, -0.25) is 9.69 Å². The third-order valence-electron chi connectivity index (χ3n) is 5.95. The summed E-state index contributed by atoms with van der Waals surface area (Å²) in [5, 5.41) is 11.9. The Labute approximate surface area is 151 Å². The van der Waals surface area contributed by atoms with Crippen molar-refractivity contribution in [3.8, 4) is 0 Å². The largest absolute Gasteiger partial charge is 0.387 e. The molecule has 0 radical (unpaired) electrons. The van der Waals surface area contributed by atoms with E-state index in [0.29, 0.717) is 18.4 Å². The Morgan fingerprint density at radius 1 is 1.15 bits per heavy atom. The number of β-amino-alcohol motifs (C(OH)–C–C–N with tert-alkyl or cyclic N) is 1. The minimum Gasteiger partial charge on any atom is -0.387 e. The molecule has 3 atom stereocenters. The summed E-state index contributed by atoms with van der Waals surface area (Å²) in [6.45, 7) is 3.29. The lowest BCUT2D eigenvalue weighted by molar-refractivity contribution is 0.0621. The summed E-state index contributed by atoms with van der Waals surface area (Å²) in [6, 6.07) is 13.7. The average Bonchev–Trinajstić information content (AvgIpc) is 3.10. The number of rotatable bonds is 3. The number of nitrogens with zero attached hydrogens (tertiary/aromatic N) is 2. The van der Waals surface area contributed by atoms with Crippen molar-refractivity contribution in [1.29, 1.82) is 0 Å². The molecule has 1 aromatic carbocycles. The highest BCUT2D eigenvalue weighted by Crippen LogP contribution is 2.35. The molecule has 0 spiro atoms. The summed E-state index contributed by atoms with van der Waals surface area (Å²) in [5.74, 6) is 0.872. The van der Waals surface area contributed by atoms with Crippen molar-refractivity contribution >= 4 is 10.9 Å². The number of pyridine rings is 1. The maximum absolute atomic E-state index is 12.1. The molecule has 0 amide bonds. The molecular weight excluding hydrogens is 326 g/mol. The lowest BCUT2D eigenvalue weighted by Gasteiger charge is -2.43. The second-order valence-corrected chi connectivity index (χ2v) is 7.76. The lowest BCUT2D eigenvalue weighted by Crippen LogP contribution is -2.48. The van der Waals surface area contributed by atoms with E-state index in [1.54, 1.807) is 6.07 Å². The summed E-state index contributed by atoms with van der Waals surface area (Å²) < 4.78 is 1.95. The molecular formula is C21H23N3O2. The molecule has 2 bridgehead atoms. The van der Waals surface area contributed by atoms with Gasteiger partial charge in [0.25, 0.3) is 5.56 Å². The zero-order valence-electron chi connectivity index (χ0n) is 14.6. The van der Waals surface area contributed by atoms with Gasteiger partial charge in [0.1, 0.15) is 0 Å². The van der Waals surface area contributed by atoms with Crippen molar-refractivity contribution < 1.29 is 5.11 Å². The standard InChI is InChI=1S/C21H23N3O2/c25-20(16-4-5-18-15(9-16)6-7-22-18)13-23-10-14-8-17(12-23)19-2-1-3-21(26)24(19)11-14/h1-7,9,14,17,20,22,25H,8,10-13H2. The molecule has 134 valence electrons. The molecule has 3 unspecified atom stereocenters. The van der Waals surface area contributed by atoms with Crippen molar-refractivity contribution in [2.24, 2.45) is 5.92 Å². The molecule has 0 saturated carbocycles. The molecule has 26 heavy (non-hydrogen) atoms. The molecule has 3 aromatic rings. The van der Waals surface area contributed by atoms with Gasteiger partial charge in [-0.05, 0) is 47.6 Å². The minimum absolute atomic E-state index is 0.116. The molecule has 5 heteroatoms. The normalized spacial score (nSPS) is 23.7. The van der Waals surface area contributed by atoms with Crippen LogP contribution in [0.4, 0.5) is 0 Å².